The first-order valence-electron chi connectivity index (χ1n) is 8.43. The van der Waals surface area contributed by atoms with Crippen LogP contribution in [-0.2, 0) is 9.53 Å². The van der Waals surface area contributed by atoms with Crippen LogP contribution in [0.1, 0.15) is 25.3 Å². The molecule has 1 N–H and O–H groups in total. The normalized spacial score (nSPS) is 22.3. The maximum atomic E-state index is 12.2. The van der Waals surface area contributed by atoms with Gasteiger partial charge in [-0.25, -0.2) is 0 Å². The summed E-state index contributed by atoms with van der Waals surface area (Å²) in [6.45, 7) is 5.13. The van der Waals surface area contributed by atoms with Crippen molar-refractivity contribution in [3.8, 4) is 0 Å². The molecule has 0 aromatic heterocycles. The number of carbonyl (C=O) groups is 1. The molecule has 2 atom stereocenters. The molecule has 4 nitrogen and oxygen atoms in total. The van der Waals surface area contributed by atoms with Gasteiger partial charge in [0.15, 0.2) is 0 Å². The molecule has 1 aromatic carbocycles. The summed E-state index contributed by atoms with van der Waals surface area (Å²) in [5.74, 6) is 0.249. The lowest BCUT2D eigenvalue weighted by Crippen LogP contribution is -2.47. The molecule has 0 saturated carbocycles. The molecule has 4 heteroatoms. The smallest absolute Gasteiger partial charge is 0.224 e. The van der Waals surface area contributed by atoms with Crippen LogP contribution in [-0.4, -0.2) is 50.2 Å². The quantitative estimate of drug-likeness (QED) is 0.786. The highest BCUT2D eigenvalue weighted by atomic mass is 16.5. The average Bonchev–Trinajstić information content (AvgIpc) is 2.57. The predicted molar refractivity (Wildman–Crippen MR) is 94.1 cm³/mol. The van der Waals surface area contributed by atoms with Crippen molar-refractivity contribution in [1.29, 1.82) is 0 Å². The predicted octanol–water partition coefficient (Wildman–Crippen LogP) is 2.56. The van der Waals surface area contributed by atoms with Gasteiger partial charge in [-0.15, -0.1) is 0 Å². The summed E-state index contributed by atoms with van der Waals surface area (Å²) in [7, 11) is 1.65. The highest BCUT2D eigenvalue weighted by molar-refractivity contribution is 5.79. The Labute approximate surface area is 139 Å². The van der Waals surface area contributed by atoms with E-state index in [1.807, 2.05) is 18.2 Å². The Morgan fingerprint density at radius 1 is 1.35 bits per heavy atom. The first-order valence-corrected chi connectivity index (χ1v) is 8.43. The number of nitrogens with zero attached hydrogens (tertiary/aromatic N) is 1. The van der Waals surface area contributed by atoms with Gasteiger partial charge in [-0.1, -0.05) is 42.5 Å². The Morgan fingerprint density at radius 2 is 2.13 bits per heavy atom. The first kappa shape index (κ1) is 17.7. The van der Waals surface area contributed by atoms with Gasteiger partial charge in [0.05, 0.1) is 12.5 Å². The van der Waals surface area contributed by atoms with E-state index in [-0.39, 0.29) is 11.8 Å². The number of amides is 1. The summed E-state index contributed by atoms with van der Waals surface area (Å²) < 4.78 is 4.98. The summed E-state index contributed by atoms with van der Waals surface area (Å²) in [4.78, 5) is 14.6. The lowest BCUT2D eigenvalue weighted by Gasteiger charge is -2.36. The minimum atomic E-state index is 0.0909. The molecule has 23 heavy (non-hydrogen) atoms. The van der Waals surface area contributed by atoms with E-state index < -0.39 is 0 Å². The van der Waals surface area contributed by atoms with Gasteiger partial charge in [-0.05, 0) is 25.3 Å². The molecule has 1 aliphatic rings. The van der Waals surface area contributed by atoms with Crippen LogP contribution in [0.4, 0.5) is 0 Å². The third kappa shape index (κ3) is 5.81. The van der Waals surface area contributed by atoms with Crippen molar-refractivity contribution in [2.24, 2.45) is 5.92 Å². The highest BCUT2D eigenvalue weighted by Gasteiger charge is 2.28. The second-order valence-electron chi connectivity index (χ2n) is 6.17. The zero-order valence-corrected chi connectivity index (χ0v) is 14.2. The van der Waals surface area contributed by atoms with Crippen molar-refractivity contribution in [2.45, 2.75) is 25.8 Å². The molecule has 1 saturated heterocycles. The summed E-state index contributed by atoms with van der Waals surface area (Å²) in [5.41, 5.74) is 1.21. The van der Waals surface area contributed by atoms with E-state index >= 15 is 0 Å². The van der Waals surface area contributed by atoms with Gasteiger partial charge in [0, 0.05) is 32.8 Å². The number of rotatable bonds is 7. The Bertz CT molecular complexity index is 501. The van der Waals surface area contributed by atoms with Gasteiger partial charge >= 0.3 is 0 Å². The topological polar surface area (TPSA) is 41.6 Å². The van der Waals surface area contributed by atoms with E-state index in [1.54, 1.807) is 7.11 Å². The Balaban J connectivity index is 1.83. The van der Waals surface area contributed by atoms with Crippen molar-refractivity contribution in [1.82, 2.24) is 10.2 Å². The molecule has 2 rings (SSSR count). The molecule has 0 bridgehead atoms. The molecule has 1 heterocycles. The van der Waals surface area contributed by atoms with E-state index in [9.17, 15) is 4.79 Å². The monoisotopic (exact) mass is 316 g/mol. The molecule has 1 amide bonds. The van der Waals surface area contributed by atoms with E-state index in [0.29, 0.717) is 19.2 Å². The molecule has 1 aromatic rings. The number of likely N-dealkylation sites (tertiary alicyclic amines) is 1. The molecular formula is C19H28N2O2. The lowest BCUT2D eigenvalue weighted by molar-refractivity contribution is -0.127. The molecule has 0 spiro atoms. The van der Waals surface area contributed by atoms with Gasteiger partial charge in [-0.2, -0.15) is 0 Å². The molecule has 0 radical (unpaired) electrons. The van der Waals surface area contributed by atoms with Crippen LogP contribution in [0.3, 0.4) is 0 Å². The van der Waals surface area contributed by atoms with Gasteiger partial charge < -0.3 is 10.1 Å². The number of benzene rings is 1. The number of piperidine rings is 1. The van der Waals surface area contributed by atoms with Crippen molar-refractivity contribution in [3.63, 3.8) is 0 Å². The third-order valence-corrected chi connectivity index (χ3v) is 4.44. The minimum absolute atomic E-state index is 0.0909. The molecular weight excluding hydrogens is 288 g/mol. The standard InChI is InChI=1S/C19H28N2O2/c1-16-10-11-18(19(22)20-12-14-23-2)15-21(16)13-6-9-17-7-4-3-5-8-17/h3-9,16,18H,10-15H2,1-2H3,(H,20,22)/b9-6+. The molecule has 126 valence electrons. The fraction of sp³-hybridized carbons (Fsp3) is 0.526. The second kappa shape index (κ2) is 9.48. The first-order chi connectivity index (χ1) is 11.2. The Hall–Kier alpha value is -1.65. The number of nitrogens with one attached hydrogen (secondary N) is 1. The van der Waals surface area contributed by atoms with Crippen LogP contribution in [0.2, 0.25) is 0 Å². The molecule has 1 aliphatic heterocycles. The van der Waals surface area contributed by atoms with Crippen LogP contribution in [0.25, 0.3) is 6.08 Å². The minimum Gasteiger partial charge on any atom is -0.383 e. The van der Waals surface area contributed by atoms with Gasteiger partial charge in [0.25, 0.3) is 0 Å². The Morgan fingerprint density at radius 3 is 2.87 bits per heavy atom. The van der Waals surface area contributed by atoms with Crippen LogP contribution in [0.5, 0.6) is 0 Å². The van der Waals surface area contributed by atoms with Crippen molar-refractivity contribution in [3.05, 3.63) is 42.0 Å². The average molecular weight is 316 g/mol. The molecule has 1 fully saturated rings. The van der Waals surface area contributed by atoms with E-state index in [2.05, 4.69) is 41.4 Å². The number of carbonyl (C=O) groups excluding carboxylic acids is 1. The number of ether oxygens (including phenoxy) is 1. The Kier molecular flexibility index (Phi) is 7.30. The zero-order chi connectivity index (χ0) is 16.5. The van der Waals surface area contributed by atoms with E-state index in [1.165, 1.54) is 5.56 Å². The lowest BCUT2D eigenvalue weighted by atomic mass is 9.92. The summed E-state index contributed by atoms with van der Waals surface area (Å²) in [6.07, 6.45) is 6.38. The van der Waals surface area contributed by atoms with Crippen LogP contribution in [0, 0.1) is 5.92 Å². The SMILES string of the molecule is COCCNC(=O)C1CCC(C)N(C/C=C/c2ccccc2)C1. The summed E-state index contributed by atoms with van der Waals surface area (Å²) in [6, 6.07) is 10.8. The number of methoxy groups -OCH3 is 1. The maximum absolute atomic E-state index is 12.2. The van der Waals surface area contributed by atoms with Crippen molar-refractivity contribution >= 4 is 12.0 Å². The summed E-state index contributed by atoms with van der Waals surface area (Å²) in [5, 5.41) is 2.96. The van der Waals surface area contributed by atoms with Gasteiger partial charge in [0.1, 0.15) is 0 Å². The largest absolute Gasteiger partial charge is 0.383 e. The van der Waals surface area contributed by atoms with Crippen molar-refractivity contribution < 1.29 is 9.53 Å². The highest BCUT2D eigenvalue weighted by Crippen LogP contribution is 2.22. The van der Waals surface area contributed by atoms with Crippen LogP contribution in [0.15, 0.2) is 36.4 Å². The number of hydrogen-bond donors (Lipinski definition) is 1. The van der Waals surface area contributed by atoms with E-state index in [0.717, 1.165) is 25.9 Å². The van der Waals surface area contributed by atoms with Crippen LogP contribution < -0.4 is 5.32 Å². The van der Waals surface area contributed by atoms with Gasteiger partial charge in [-0.3, -0.25) is 9.69 Å². The summed E-state index contributed by atoms with van der Waals surface area (Å²) >= 11 is 0. The van der Waals surface area contributed by atoms with Gasteiger partial charge in [0.2, 0.25) is 5.91 Å². The third-order valence-electron chi connectivity index (χ3n) is 4.44. The van der Waals surface area contributed by atoms with E-state index in [4.69, 9.17) is 4.74 Å². The molecule has 0 aliphatic carbocycles. The molecule has 2 unspecified atom stereocenters. The van der Waals surface area contributed by atoms with Crippen molar-refractivity contribution in [2.75, 3.05) is 33.4 Å². The fourth-order valence-corrected chi connectivity index (χ4v) is 2.96. The maximum Gasteiger partial charge on any atom is 0.224 e. The second-order valence-corrected chi connectivity index (χ2v) is 6.17. The van der Waals surface area contributed by atoms with Crippen LogP contribution >= 0.6 is 0 Å². The zero-order valence-electron chi connectivity index (χ0n) is 14.2. The number of hydrogen-bond acceptors (Lipinski definition) is 3. The fourth-order valence-electron chi connectivity index (χ4n) is 2.96.